The average Bonchev–Trinajstić information content (AvgIpc) is 3.05. The molecule has 164 valence electrons. The zero-order valence-corrected chi connectivity index (χ0v) is 16.3. The molecule has 0 aromatic heterocycles. The molecular formula is C21H21NO9. The number of nitro groups is 1. The Labute approximate surface area is 177 Å². The second-order valence-electron chi connectivity index (χ2n) is 6.96. The standard InChI is InChI=1S/C21H21NO9/c23-16-18(31-20(25)14-9-5-2-6-10-14)17(30-21(16)26)15(11-22(27)28)12-29-19(24)13-7-3-1-4-8-13/h1-10,15-18,21,23,26H,11-12H2/t15-,16-,17-,18-,21?/m1/s1. The second kappa shape index (κ2) is 10.1. The number of rotatable bonds is 8. The Kier molecular flexibility index (Phi) is 7.29. The van der Waals surface area contributed by atoms with E-state index in [4.69, 9.17) is 14.2 Å². The fourth-order valence-corrected chi connectivity index (χ4v) is 3.24. The van der Waals surface area contributed by atoms with Crippen molar-refractivity contribution in [1.82, 2.24) is 0 Å². The molecule has 1 heterocycles. The first-order valence-electron chi connectivity index (χ1n) is 9.48. The molecular weight excluding hydrogens is 410 g/mol. The van der Waals surface area contributed by atoms with E-state index >= 15 is 0 Å². The Morgan fingerprint density at radius 3 is 2.10 bits per heavy atom. The second-order valence-corrected chi connectivity index (χ2v) is 6.96. The van der Waals surface area contributed by atoms with Gasteiger partial charge in [0, 0.05) is 4.92 Å². The lowest BCUT2D eigenvalue weighted by Crippen LogP contribution is -2.43. The van der Waals surface area contributed by atoms with Crippen LogP contribution < -0.4 is 0 Å². The van der Waals surface area contributed by atoms with Crippen LogP contribution in [0.5, 0.6) is 0 Å². The fraction of sp³-hybridized carbons (Fsp3) is 0.333. The molecule has 1 unspecified atom stereocenters. The van der Waals surface area contributed by atoms with Crippen LogP contribution in [0.4, 0.5) is 0 Å². The normalized spacial score (nSPS) is 23.7. The maximum absolute atomic E-state index is 12.4. The molecule has 10 nitrogen and oxygen atoms in total. The minimum Gasteiger partial charge on any atom is -0.461 e. The quantitative estimate of drug-likeness (QED) is 0.356. The van der Waals surface area contributed by atoms with Gasteiger partial charge in [0.25, 0.3) is 0 Å². The Balaban J connectivity index is 1.74. The van der Waals surface area contributed by atoms with E-state index in [0.29, 0.717) is 0 Å². The largest absolute Gasteiger partial charge is 0.461 e. The van der Waals surface area contributed by atoms with Crippen LogP contribution in [0.2, 0.25) is 0 Å². The summed E-state index contributed by atoms with van der Waals surface area (Å²) in [6.45, 7) is -1.15. The highest BCUT2D eigenvalue weighted by molar-refractivity contribution is 5.89. The van der Waals surface area contributed by atoms with Crippen molar-refractivity contribution in [2.24, 2.45) is 5.92 Å². The smallest absolute Gasteiger partial charge is 0.338 e. The molecule has 3 rings (SSSR count). The summed E-state index contributed by atoms with van der Waals surface area (Å²) in [6.07, 6.45) is -6.02. The molecule has 2 N–H and O–H groups in total. The molecule has 2 aromatic carbocycles. The number of esters is 2. The van der Waals surface area contributed by atoms with Gasteiger partial charge >= 0.3 is 11.9 Å². The van der Waals surface area contributed by atoms with Crippen LogP contribution in [0.3, 0.4) is 0 Å². The van der Waals surface area contributed by atoms with Crippen molar-refractivity contribution in [3.05, 3.63) is 81.9 Å². The number of ether oxygens (including phenoxy) is 3. The van der Waals surface area contributed by atoms with Crippen LogP contribution in [0.25, 0.3) is 0 Å². The predicted molar refractivity (Wildman–Crippen MR) is 105 cm³/mol. The van der Waals surface area contributed by atoms with E-state index in [-0.39, 0.29) is 11.1 Å². The van der Waals surface area contributed by atoms with E-state index in [0.717, 1.165) is 0 Å². The Morgan fingerprint density at radius 1 is 1.00 bits per heavy atom. The van der Waals surface area contributed by atoms with Crippen LogP contribution in [0.1, 0.15) is 20.7 Å². The minimum atomic E-state index is -1.72. The number of hydrogen-bond acceptors (Lipinski definition) is 9. The van der Waals surface area contributed by atoms with E-state index < -0.39 is 60.5 Å². The van der Waals surface area contributed by atoms with Gasteiger partial charge in [-0.05, 0) is 24.3 Å². The van der Waals surface area contributed by atoms with Gasteiger partial charge in [-0.25, -0.2) is 9.59 Å². The van der Waals surface area contributed by atoms with Gasteiger partial charge in [0.2, 0.25) is 6.54 Å². The number of aliphatic hydroxyl groups is 2. The van der Waals surface area contributed by atoms with Gasteiger partial charge in [-0.1, -0.05) is 36.4 Å². The molecule has 1 aliphatic heterocycles. The van der Waals surface area contributed by atoms with Crippen LogP contribution in [-0.2, 0) is 14.2 Å². The van der Waals surface area contributed by atoms with Crippen molar-refractivity contribution in [3.8, 4) is 0 Å². The maximum Gasteiger partial charge on any atom is 0.338 e. The molecule has 0 aliphatic carbocycles. The molecule has 0 radical (unpaired) electrons. The summed E-state index contributed by atoms with van der Waals surface area (Å²) >= 11 is 0. The molecule has 1 fully saturated rings. The zero-order chi connectivity index (χ0) is 22.4. The number of nitrogens with zero attached hydrogens (tertiary/aromatic N) is 1. The summed E-state index contributed by atoms with van der Waals surface area (Å²) in [5.41, 5.74) is 0.443. The number of carbonyl (C=O) groups is 2. The van der Waals surface area contributed by atoms with E-state index in [1.54, 1.807) is 36.4 Å². The molecule has 0 amide bonds. The average molecular weight is 431 g/mol. The molecule has 0 saturated carbocycles. The van der Waals surface area contributed by atoms with Gasteiger partial charge in [0.15, 0.2) is 12.4 Å². The summed E-state index contributed by atoms with van der Waals surface area (Å²) in [5, 5.41) is 31.3. The molecule has 0 spiro atoms. The van der Waals surface area contributed by atoms with Crippen LogP contribution in [0, 0.1) is 16.0 Å². The van der Waals surface area contributed by atoms with Crippen LogP contribution in [-0.4, -0.2) is 64.8 Å². The van der Waals surface area contributed by atoms with Crippen LogP contribution >= 0.6 is 0 Å². The van der Waals surface area contributed by atoms with Crippen molar-refractivity contribution >= 4 is 11.9 Å². The van der Waals surface area contributed by atoms with Gasteiger partial charge in [-0.15, -0.1) is 0 Å². The minimum absolute atomic E-state index is 0.191. The number of aliphatic hydroxyl groups excluding tert-OH is 2. The van der Waals surface area contributed by atoms with Gasteiger partial charge in [0.05, 0.1) is 17.0 Å². The third-order valence-electron chi connectivity index (χ3n) is 4.79. The zero-order valence-electron chi connectivity index (χ0n) is 16.3. The first kappa shape index (κ1) is 22.3. The van der Waals surface area contributed by atoms with E-state index in [1.165, 1.54) is 24.3 Å². The predicted octanol–water partition coefficient (Wildman–Crippen LogP) is 1.04. The first-order chi connectivity index (χ1) is 14.9. The van der Waals surface area contributed by atoms with Crippen molar-refractivity contribution in [3.63, 3.8) is 0 Å². The number of hydrogen-bond donors (Lipinski definition) is 2. The molecule has 1 saturated heterocycles. The Hall–Kier alpha value is -3.34. The lowest BCUT2D eigenvalue weighted by molar-refractivity contribution is -0.492. The highest BCUT2D eigenvalue weighted by atomic mass is 16.7. The summed E-state index contributed by atoms with van der Waals surface area (Å²) in [4.78, 5) is 35.1. The Bertz CT molecular complexity index is 906. The first-order valence-corrected chi connectivity index (χ1v) is 9.48. The third kappa shape index (κ3) is 5.63. The molecule has 10 heteroatoms. The molecule has 5 atom stereocenters. The van der Waals surface area contributed by atoms with E-state index in [9.17, 15) is 29.9 Å². The lowest BCUT2D eigenvalue weighted by Gasteiger charge is -2.25. The topological polar surface area (TPSA) is 145 Å². The highest BCUT2D eigenvalue weighted by Gasteiger charge is 2.50. The Morgan fingerprint density at radius 2 is 1.55 bits per heavy atom. The molecule has 31 heavy (non-hydrogen) atoms. The van der Waals surface area contributed by atoms with E-state index in [2.05, 4.69) is 0 Å². The number of benzene rings is 2. The van der Waals surface area contributed by atoms with Gasteiger partial charge < -0.3 is 24.4 Å². The molecule has 2 aromatic rings. The van der Waals surface area contributed by atoms with Gasteiger partial charge in [0.1, 0.15) is 18.8 Å². The monoisotopic (exact) mass is 431 g/mol. The third-order valence-corrected chi connectivity index (χ3v) is 4.79. The summed E-state index contributed by atoms with van der Waals surface area (Å²) in [6, 6.07) is 15.9. The van der Waals surface area contributed by atoms with Gasteiger partial charge in [-0.2, -0.15) is 0 Å². The maximum atomic E-state index is 12.4. The molecule has 1 aliphatic rings. The van der Waals surface area contributed by atoms with Crippen molar-refractivity contribution in [2.75, 3.05) is 13.2 Å². The summed E-state index contributed by atoms with van der Waals surface area (Å²) < 4.78 is 15.8. The van der Waals surface area contributed by atoms with Crippen molar-refractivity contribution in [1.29, 1.82) is 0 Å². The van der Waals surface area contributed by atoms with Crippen LogP contribution in [0.15, 0.2) is 60.7 Å². The summed E-state index contributed by atoms with van der Waals surface area (Å²) in [5.74, 6) is -2.60. The van der Waals surface area contributed by atoms with Gasteiger partial charge in [-0.3, -0.25) is 10.1 Å². The highest BCUT2D eigenvalue weighted by Crippen LogP contribution is 2.29. The summed E-state index contributed by atoms with van der Waals surface area (Å²) in [7, 11) is 0. The van der Waals surface area contributed by atoms with Crippen molar-refractivity contribution < 1.29 is 38.9 Å². The van der Waals surface area contributed by atoms with Crippen molar-refractivity contribution in [2.45, 2.75) is 24.6 Å². The molecule has 0 bridgehead atoms. The fourth-order valence-electron chi connectivity index (χ4n) is 3.24. The lowest BCUT2D eigenvalue weighted by atomic mass is 9.97. The van der Waals surface area contributed by atoms with E-state index in [1.807, 2.05) is 0 Å². The number of carbonyl (C=O) groups excluding carboxylic acids is 2. The SMILES string of the molecule is O=C(OC[C@@H](C[N+](=O)[O-])[C@H]1OC(O)[C@H](O)[C@H]1OC(=O)c1ccccc1)c1ccccc1.